The molecule has 2 heteroatoms. The van der Waals surface area contributed by atoms with Gasteiger partial charge in [0, 0.05) is 17.6 Å². The van der Waals surface area contributed by atoms with Crippen LogP contribution in [0.5, 0.6) is 0 Å². The Labute approximate surface area is 128 Å². The molecule has 0 aliphatic heterocycles. The zero-order valence-corrected chi connectivity index (χ0v) is 13.0. The van der Waals surface area contributed by atoms with Crippen molar-refractivity contribution in [1.29, 1.82) is 0 Å². The van der Waals surface area contributed by atoms with Crippen LogP contribution >= 0.6 is 0 Å². The van der Waals surface area contributed by atoms with Gasteiger partial charge in [-0.2, -0.15) is 0 Å². The lowest BCUT2D eigenvalue weighted by Gasteiger charge is -2.11. The maximum Gasteiger partial charge on any atom is 0.224 e. The molecule has 0 amide bonds. The number of hydrogen-bond donors (Lipinski definition) is 0. The summed E-state index contributed by atoms with van der Waals surface area (Å²) in [5.41, 5.74) is 6.65. The second-order valence-corrected chi connectivity index (χ2v) is 6.35. The minimum Gasteiger partial charge on any atom is -0.315 e. The third kappa shape index (κ3) is 1.24. The molecule has 2 nitrogen and oxygen atoms in total. The summed E-state index contributed by atoms with van der Waals surface area (Å²) in [6.45, 7) is 4.42. The number of rotatable bonds is 0. The summed E-state index contributed by atoms with van der Waals surface area (Å²) in [6.07, 6.45) is 4.45. The zero-order chi connectivity index (χ0) is 15.0. The Kier molecular flexibility index (Phi) is 2.06. The normalized spacial score (nSPS) is 12.3. The molecule has 0 N–H and O–H groups in total. The maximum absolute atomic E-state index is 2.38. The molecule has 5 aromatic rings. The largest absolute Gasteiger partial charge is 0.315 e. The van der Waals surface area contributed by atoms with Gasteiger partial charge in [-0.05, 0) is 36.4 Å². The minimum absolute atomic E-state index is 1.29. The molecule has 2 aromatic carbocycles. The third-order valence-electron chi connectivity index (χ3n) is 5.01. The fraction of sp³-hybridized carbons (Fsp3) is 0.150. The van der Waals surface area contributed by atoms with Gasteiger partial charge in [-0.25, -0.2) is 4.57 Å². The Hall–Kier alpha value is -2.61. The van der Waals surface area contributed by atoms with Crippen LogP contribution in [0.2, 0.25) is 0 Å². The highest BCUT2D eigenvalue weighted by Gasteiger charge is 2.21. The van der Waals surface area contributed by atoms with Crippen LogP contribution in [0.15, 0.2) is 48.8 Å². The third-order valence-corrected chi connectivity index (χ3v) is 5.01. The SMILES string of the molecule is Cc1cn2c3cccc4cc[n+](C)c(c5c(C)ccc1c52)c43. The van der Waals surface area contributed by atoms with Crippen LogP contribution < -0.4 is 4.57 Å². The lowest BCUT2D eigenvalue weighted by atomic mass is 10.00. The van der Waals surface area contributed by atoms with Crippen LogP contribution in [0.1, 0.15) is 11.1 Å². The first kappa shape index (κ1) is 12.0. The van der Waals surface area contributed by atoms with Crippen LogP contribution in [0, 0.1) is 13.8 Å². The smallest absolute Gasteiger partial charge is 0.224 e. The Bertz CT molecular complexity index is 1190. The van der Waals surface area contributed by atoms with Crippen LogP contribution in [-0.2, 0) is 7.05 Å². The lowest BCUT2D eigenvalue weighted by Crippen LogP contribution is -2.28. The number of benzene rings is 2. The summed E-state index contributed by atoms with van der Waals surface area (Å²) in [5.74, 6) is 0. The Morgan fingerprint density at radius 1 is 0.909 bits per heavy atom. The molecule has 0 atom stereocenters. The number of nitrogens with zero attached hydrogens (tertiary/aromatic N) is 2. The molecule has 0 fully saturated rings. The first-order chi connectivity index (χ1) is 10.7. The summed E-state index contributed by atoms with van der Waals surface area (Å²) in [6, 6.07) is 13.3. The minimum atomic E-state index is 1.29. The molecular weight excluding hydrogens is 268 g/mol. The van der Waals surface area contributed by atoms with Crippen molar-refractivity contribution in [3.05, 3.63) is 59.9 Å². The summed E-state index contributed by atoms with van der Waals surface area (Å²) in [5, 5.41) is 5.38. The maximum atomic E-state index is 2.38. The predicted octanol–water partition coefficient (Wildman–Crippen LogP) is 4.28. The van der Waals surface area contributed by atoms with Gasteiger partial charge in [-0.1, -0.05) is 24.3 Å². The quantitative estimate of drug-likeness (QED) is 0.228. The van der Waals surface area contributed by atoms with E-state index in [0.29, 0.717) is 0 Å². The van der Waals surface area contributed by atoms with Crippen molar-refractivity contribution in [3.8, 4) is 0 Å². The van der Waals surface area contributed by atoms with E-state index in [-0.39, 0.29) is 0 Å². The first-order valence-electron chi connectivity index (χ1n) is 7.70. The molecule has 0 aliphatic carbocycles. The van der Waals surface area contributed by atoms with Crippen molar-refractivity contribution in [2.45, 2.75) is 13.8 Å². The van der Waals surface area contributed by atoms with Gasteiger partial charge in [-0.15, -0.1) is 0 Å². The van der Waals surface area contributed by atoms with Crippen molar-refractivity contribution in [3.63, 3.8) is 0 Å². The van der Waals surface area contributed by atoms with E-state index in [0.717, 1.165) is 0 Å². The fourth-order valence-corrected chi connectivity index (χ4v) is 3.98. The number of aryl methyl sites for hydroxylation is 3. The predicted molar refractivity (Wildman–Crippen MR) is 91.8 cm³/mol. The summed E-state index contributed by atoms with van der Waals surface area (Å²) >= 11 is 0. The average Bonchev–Trinajstić information content (AvgIpc) is 2.85. The Morgan fingerprint density at radius 2 is 1.77 bits per heavy atom. The topological polar surface area (TPSA) is 8.29 Å². The van der Waals surface area contributed by atoms with E-state index in [9.17, 15) is 0 Å². The van der Waals surface area contributed by atoms with Gasteiger partial charge in [0.25, 0.3) is 0 Å². The number of aromatic nitrogens is 2. The van der Waals surface area contributed by atoms with E-state index >= 15 is 0 Å². The molecule has 0 spiro atoms. The van der Waals surface area contributed by atoms with Crippen LogP contribution in [0.3, 0.4) is 0 Å². The van der Waals surface area contributed by atoms with E-state index in [2.05, 4.69) is 78.7 Å². The van der Waals surface area contributed by atoms with Crippen molar-refractivity contribution in [2.75, 3.05) is 0 Å². The van der Waals surface area contributed by atoms with Crippen molar-refractivity contribution in [1.82, 2.24) is 4.40 Å². The van der Waals surface area contributed by atoms with Gasteiger partial charge in [-0.3, -0.25) is 0 Å². The van der Waals surface area contributed by atoms with Crippen LogP contribution in [0.25, 0.3) is 38.1 Å². The number of hydrogen-bond acceptors (Lipinski definition) is 0. The van der Waals surface area contributed by atoms with E-state index in [1.54, 1.807) is 0 Å². The average molecular weight is 285 g/mol. The fourth-order valence-electron chi connectivity index (χ4n) is 3.98. The highest BCUT2D eigenvalue weighted by atomic mass is 14.9. The monoisotopic (exact) mass is 285 g/mol. The van der Waals surface area contributed by atoms with Gasteiger partial charge in [0.05, 0.1) is 21.8 Å². The van der Waals surface area contributed by atoms with E-state index in [1.807, 2.05) is 0 Å². The molecule has 22 heavy (non-hydrogen) atoms. The second kappa shape index (κ2) is 3.77. The molecular formula is C20H17N2+. The Balaban J connectivity index is 2.34. The number of fused-ring (bicyclic) bond motifs is 2. The Morgan fingerprint density at radius 3 is 2.64 bits per heavy atom. The molecule has 0 aliphatic rings. The molecule has 0 unspecified atom stereocenters. The molecule has 3 heterocycles. The zero-order valence-electron chi connectivity index (χ0n) is 13.0. The summed E-state index contributed by atoms with van der Waals surface area (Å²) in [4.78, 5) is 0. The molecule has 0 radical (unpaired) electrons. The van der Waals surface area contributed by atoms with Gasteiger partial charge < -0.3 is 4.40 Å². The standard InChI is InChI=1S/C20H17N2/c1-12-7-8-15-13(2)11-22-16-6-4-5-14-9-10-21(3)20(18(14)16)17(12)19(15)22/h4-11H,1-3H3/q+1. The van der Waals surface area contributed by atoms with E-state index < -0.39 is 0 Å². The van der Waals surface area contributed by atoms with Gasteiger partial charge in [0.15, 0.2) is 6.20 Å². The molecule has 0 saturated heterocycles. The van der Waals surface area contributed by atoms with Crippen molar-refractivity contribution >= 4 is 38.1 Å². The van der Waals surface area contributed by atoms with Crippen molar-refractivity contribution < 1.29 is 4.57 Å². The van der Waals surface area contributed by atoms with Crippen LogP contribution in [-0.4, -0.2) is 4.40 Å². The molecule has 3 aromatic heterocycles. The molecule has 5 rings (SSSR count). The summed E-state index contributed by atoms with van der Waals surface area (Å²) in [7, 11) is 2.15. The van der Waals surface area contributed by atoms with Crippen LogP contribution in [0.4, 0.5) is 0 Å². The second-order valence-electron chi connectivity index (χ2n) is 6.35. The first-order valence-corrected chi connectivity index (χ1v) is 7.70. The van der Waals surface area contributed by atoms with Gasteiger partial charge in [0.1, 0.15) is 7.05 Å². The van der Waals surface area contributed by atoms with E-state index in [4.69, 9.17) is 0 Å². The van der Waals surface area contributed by atoms with Crippen molar-refractivity contribution in [2.24, 2.45) is 7.05 Å². The molecule has 106 valence electrons. The summed E-state index contributed by atoms with van der Waals surface area (Å²) < 4.78 is 4.64. The molecule has 0 bridgehead atoms. The van der Waals surface area contributed by atoms with Gasteiger partial charge in [0.2, 0.25) is 5.52 Å². The number of pyridine rings is 2. The molecule has 0 saturated carbocycles. The highest BCUT2D eigenvalue weighted by Crippen LogP contribution is 2.36. The van der Waals surface area contributed by atoms with Gasteiger partial charge >= 0.3 is 0 Å². The van der Waals surface area contributed by atoms with E-state index in [1.165, 1.54) is 49.2 Å². The highest BCUT2D eigenvalue weighted by molar-refractivity contribution is 6.20. The lowest BCUT2D eigenvalue weighted by molar-refractivity contribution is -0.643.